The molecule has 0 fully saturated rings. The van der Waals surface area contributed by atoms with Crippen LogP contribution in [0.4, 0.5) is 0 Å². The van der Waals surface area contributed by atoms with Crippen LogP contribution < -0.4 is 4.74 Å². The van der Waals surface area contributed by atoms with Crippen molar-refractivity contribution >= 4 is 11.8 Å². The molecule has 98 valence electrons. The van der Waals surface area contributed by atoms with E-state index < -0.39 is 0 Å². The van der Waals surface area contributed by atoms with Gasteiger partial charge in [0.15, 0.2) is 11.5 Å². The van der Waals surface area contributed by atoms with Gasteiger partial charge in [-0.25, -0.2) is 0 Å². The van der Waals surface area contributed by atoms with Gasteiger partial charge in [0, 0.05) is 4.90 Å². The molecule has 1 heterocycles. The highest BCUT2D eigenvalue weighted by Gasteiger charge is 2.21. The molecule has 0 saturated heterocycles. The van der Waals surface area contributed by atoms with E-state index in [1.54, 1.807) is 23.9 Å². The molecule has 2 aromatic rings. The zero-order valence-electron chi connectivity index (χ0n) is 10.5. The van der Waals surface area contributed by atoms with Gasteiger partial charge in [0.25, 0.3) is 0 Å². The van der Waals surface area contributed by atoms with Crippen LogP contribution in [0.3, 0.4) is 0 Å². The van der Waals surface area contributed by atoms with Crippen LogP contribution in [0.15, 0.2) is 47.4 Å². The summed E-state index contributed by atoms with van der Waals surface area (Å²) in [6.07, 6.45) is 0. The van der Waals surface area contributed by atoms with Crippen LogP contribution in [0.2, 0.25) is 0 Å². The molecule has 0 aromatic heterocycles. The zero-order valence-corrected chi connectivity index (χ0v) is 11.3. The standard InChI is InChI=1S/C15H14O3S/c1-17-13-7-6-10(8-12(13)16)15-18-9-11-4-2-3-5-14(11)19-15/h2-8,15-16H,9H2,1H3/t15-/m0/s1. The first-order valence-corrected chi connectivity index (χ1v) is 6.89. The van der Waals surface area contributed by atoms with E-state index >= 15 is 0 Å². The molecule has 1 atom stereocenters. The van der Waals surface area contributed by atoms with Crippen molar-refractivity contribution in [1.29, 1.82) is 0 Å². The first-order valence-electron chi connectivity index (χ1n) is 6.01. The van der Waals surface area contributed by atoms with Gasteiger partial charge in [-0.3, -0.25) is 0 Å². The minimum Gasteiger partial charge on any atom is -0.504 e. The van der Waals surface area contributed by atoms with E-state index in [2.05, 4.69) is 12.1 Å². The van der Waals surface area contributed by atoms with Gasteiger partial charge in [-0.05, 0) is 29.3 Å². The largest absolute Gasteiger partial charge is 0.504 e. The number of ether oxygens (including phenoxy) is 2. The Morgan fingerprint density at radius 3 is 2.89 bits per heavy atom. The van der Waals surface area contributed by atoms with Gasteiger partial charge in [-0.2, -0.15) is 0 Å². The summed E-state index contributed by atoms with van der Waals surface area (Å²) in [5.74, 6) is 0.619. The monoisotopic (exact) mass is 274 g/mol. The number of phenols is 1. The maximum atomic E-state index is 9.83. The number of rotatable bonds is 2. The van der Waals surface area contributed by atoms with E-state index in [0.717, 1.165) is 5.56 Å². The minimum atomic E-state index is -0.0910. The van der Waals surface area contributed by atoms with Crippen LogP contribution in [0.25, 0.3) is 0 Å². The Morgan fingerprint density at radius 1 is 1.26 bits per heavy atom. The smallest absolute Gasteiger partial charge is 0.160 e. The number of thioether (sulfide) groups is 1. The van der Waals surface area contributed by atoms with Crippen molar-refractivity contribution in [3.8, 4) is 11.5 Å². The normalized spacial score (nSPS) is 17.8. The predicted molar refractivity (Wildman–Crippen MR) is 74.5 cm³/mol. The highest BCUT2D eigenvalue weighted by Crippen LogP contribution is 2.44. The van der Waals surface area contributed by atoms with Crippen molar-refractivity contribution in [3.63, 3.8) is 0 Å². The molecule has 2 aromatic carbocycles. The Balaban J connectivity index is 1.87. The van der Waals surface area contributed by atoms with E-state index in [-0.39, 0.29) is 11.2 Å². The number of hydrogen-bond acceptors (Lipinski definition) is 4. The van der Waals surface area contributed by atoms with Gasteiger partial charge in [0.1, 0.15) is 5.44 Å². The molecule has 0 amide bonds. The van der Waals surface area contributed by atoms with Crippen LogP contribution in [0.5, 0.6) is 11.5 Å². The summed E-state index contributed by atoms with van der Waals surface area (Å²) in [6.45, 7) is 0.598. The number of aromatic hydroxyl groups is 1. The summed E-state index contributed by atoms with van der Waals surface area (Å²) < 4.78 is 10.9. The Kier molecular flexibility index (Phi) is 3.36. The number of methoxy groups -OCH3 is 1. The Morgan fingerprint density at radius 2 is 2.11 bits per heavy atom. The average Bonchev–Trinajstić information content (AvgIpc) is 2.46. The molecule has 1 aliphatic rings. The van der Waals surface area contributed by atoms with Gasteiger partial charge in [-0.1, -0.05) is 36.0 Å². The highest BCUT2D eigenvalue weighted by molar-refractivity contribution is 7.99. The Bertz CT molecular complexity index is 598. The summed E-state index contributed by atoms with van der Waals surface area (Å²) in [5, 5.41) is 9.83. The van der Waals surface area contributed by atoms with Gasteiger partial charge in [0.2, 0.25) is 0 Å². The van der Waals surface area contributed by atoms with E-state index in [1.165, 1.54) is 17.6 Å². The second-order valence-corrected chi connectivity index (χ2v) is 5.40. The van der Waals surface area contributed by atoms with E-state index in [9.17, 15) is 5.11 Å². The summed E-state index contributed by atoms with van der Waals surface area (Å²) in [5.41, 5.74) is 2.06. The van der Waals surface area contributed by atoms with Crippen molar-refractivity contribution in [2.45, 2.75) is 16.9 Å². The number of phenolic OH excluding ortho intramolecular Hbond substituents is 1. The van der Waals surface area contributed by atoms with Crippen LogP contribution in [0, 0.1) is 0 Å². The summed E-state index contributed by atoms with van der Waals surface area (Å²) >= 11 is 1.66. The topological polar surface area (TPSA) is 38.7 Å². The third-order valence-electron chi connectivity index (χ3n) is 3.07. The van der Waals surface area contributed by atoms with E-state index in [4.69, 9.17) is 9.47 Å². The third kappa shape index (κ3) is 2.41. The lowest BCUT2D eigenvalue weighted by molar-refractivity contribution is 0.0924. The Labute approximate surface area is 116 Å². The maximum absolute atomic E-state index is 9.83. The maximum Gasteiger partial charge on any atom is 0.160 e. The Hall–Kier alpha value is -1.65. The molecule has 1 aliphatic heterocycles. The summed E-state index contributed by atoms with van der Waals surface area (Å²) in [4.78, 5) is 1.23. The van der Waals surface area contributed by atoms with Crippen LogP contribution in [-0.2, 0) is 11.3 Å². The quantitative estimate of drug-likeness (QED) is 0.905. The number of benzene rings is 2. The lowest BCUT2D eigenvalue weighted by atomic mass is 10.2. The van der Waals surface area contributed by atoms with Crippen molar-refractivity contribution in [2.24, 2.45) is 0 Å². The second-order valence-electron chi connectivity index (χ2n) is 4.30. The first-order chi connectivity index (χ1) is 9.28. The molecule has 0 saturated carbocycles. The number of fused-ring (bicyclic) bond motifs is 1. The van der Waals surface area contributed by atoms with Gasteiger partial charge >= 0.3 is 0 Å². The third-order valence-corrected chi connectivity index (χ3v) is 4.35. The van der Waals surface area contributed by atoms with Crippen LogP contribution in [-0.4, -0.2) is 12.2 Å². The summed E-state index contributed by atoms with van der Waals surface area (Å²) in [6, 6.07) is 13.6. The molecular weight excluding hydrogens is 260 g/mol. The summed E-state index contributed by atoms with van der Waals surface area (Å²) in [7, 11) is 1.54. The first kappa shape index (κ1) is 12.4. The van der Waals surface area contributed by atoms with Crippen LogP contribution in [0.1, 0.15) is 16.6 Å². The minimum absolute atomic E-state index is 0.0910. The average molecular weight is 274 g/mol. The number of hydrogen-bond donors (Lipinski definition) is 1. The predicted octanol–water partition coefficient (Wildman–Crippen LogP) is 3.72. The van der Waals surface area contributed by atoms with Crippen molar-refractivity contribution in [1.82, 2.24) is 0 Å². The van der Waals surface area contributed by atoms with Crippen LogP contribution >= 0.6 is 11.8 Å². The molecule has 0 spiro atoms. The molecule has 4 heteroatoms. The highest BCUT2D eigenvalue weighted by atomic mass is 32.2. The van der Waals surface area contributed by atoms with Crippen molar-refractivity contribution in [2.75, 3.05) is 7.11 Å². The fourth-order valence-corrected chi connectivity index (χ4v) is 3.16. The lowest BCUT2D eigenvalue weighted by Gasteiger charge is -2.25. The zero-order chi connectivity index (χ0) is 13.2. The molecule has 3 rings (SSSR count). The van der Waals surface area contributed by atoms with Crippen molar-refractivity contribution in [3.05, 3.63) is 53.6 Å². The van der Waals surface area contributed by atoms with E-state index in [1.807, 2.05) is 18.2 Å². The van der Waals surface area contributed by atoms with Gasteiger partial charge in [0.05, 0.1) is 13.7 Å². The molecule has 0 bridgehead atoms. The molecule has 3 nitrogen and oxygen atoms in total. The molecule has 0 unspecified atom stereocenters. The fourth-order valence-electron chi connectivity index (χ4n) is 2.07. The molecule has 0 aliphatic carbocycles. The van der Waals surface area contributed by atoms with Crippen molar-refractivity contribution < 1.29 is 14.6 Å². The molecule has 19 heavy (non-hydrogen) atoms. The van der Waals surface area contributed by atoms with Gasteiger partial charge < -0.3 is 14.6 Å². The second kappa shape index (κ2) is 5.15. The molecular formula is C15H14O3S. The SMILES string of the molecule is COc1ccc([C@H]2OCc3ccccc3S2)cc1O. The fraction of sp³-hybridized carbons (Fsp3) is 0.200. The van der Waals surface area contributed by atoms with E-state index in [0.29, 0.717) is 12.4 Å². The lowest BCUT2D eigenvalue weighted by Crippen LogP contribution is -2.07. The molecule has 0 radical (unpaired) electrons. The molecule has 1 N–H and O–H groups in total. The van der Waals surface area contributed by atoms with Gasteiger partial charge in [-0.15, -0.1) is 0 Å².